The Kier molecular flexibility index (Phi) is 6.70. The van der Waals surface area contributed by atoms with E-state index >= 15 is 0 Å². The van der Waals surface area contributed by atoms with E-state index in [4.69, 9.17) is 0 Å². The zero-order chi connectivity index (χ0) is 10.1. The van der Waals surface area contributed by atoms with Crippen LogP contribution in [0.15, 0.2) is 30.3 Å². The molecule has 0 aliphatic heterocycles. The molecule has 0 amide bonds. The van der Waals surface area contributed by atoms with Gasteiger partial charge in [-0.25, -0.2) is 0 Å². The summed E-state index contributed by atoms with van der Waals surface area (Å²) in [6.07, 6.45) is 8.33. The Labute approximate surface area is 89.9 Å². The standard InChI is InChI=1S/C13H21P/c1-2-3-4-8-11-14-12-13-9-6-5-7-10-13/h5-7,9-10,14H,2-4,8,11-12H2,1H3. The molecule has 0 nitrogen and oxygen atoms in total. The van der Waals surface area contributed by atoms with E-state index in [9.17, 15) is 0 Å². The fourth-order valence-electron chi connectivity index (χ4n) is 1.51. The van der Waals surface area contributed by atoms with Crippen molar-refractivity contribution in [3.05, 3.63) is 35.9 Å². The molecular formula is C13H21P. The average Bonchev–Trinajstić information content (AvgIpc) is 2.25. The fraction of sp³-hybridized carbons (Fsp3) is 0.538. The topological polar surface area (TPSA) is 0 Å². The summed E-state index contributed by atoms with van der Waals surface area (Å²) in [5.41, 5.74) is 1.50. The minimum atomic E-state index is 1.12. The van der Waals surface area contributed by atoms with Crippen molar-refractivity contribution in [1.29, 1.82) is 0 Å². The molecule has 14 heavy (non-hydrogen) atoms. The summed E-state index contributed by atoms with van der Waals surface area (Å²) in [4.78, 5) is 0. The zero-order valence-corrected chi connectivity index (χ0v) is 10.1. The van der Waals surface area contributed by atoms with Gasteiger partial charge in [-0.2, -0.15) is 0 Å². The van der Waals surface area contributed by atoms with Crippen molar-refractivity contribution in [2.24, 2.45) is 0 Å². The second-order valence-electron chi connectivity index (χ2n) is 3.72. The molecule has 1 heteroatoms. The summed E-state index contributed by atoms with van der Waals surface area (Å²) in [6.45, 7) is 2.27. The molecule has 0 aliphatic rings. The molecule has 0 bridgehead atoms. The number of benzene rings is 1. The summed E-state index contributed by atoms with van der Waals surface area (Å²) in [7, 11) is 1.12. The van der Waals surface area contributed by atoms with Crippen molar-refractivity contribution in [3.63, 3.8) is 0 Å². The molecular weight excluding hydrogens is 187 g/mol. The van der Waals surface area contributed by atoms with E-state index < -0.39 is 0 Å². The second-order valence-corrected chi connectivity index (χ2v) is 5.08. The maximum atomic E-state index is 2.27. The molecule has 0 saturated carbocycles. The summed E-state index contributed by atoms with van der Waals surface area (Å²) < 4.78 is 0. The first-order valence-corrected chi connectivity index (χ1v) is 7.09. The quantitative estimate of drug-likeness (QED) is 0.459. The van der Waals surface area contributed by atoms with Crippen LogP contribution in [-0.4, -0.2) is 6.16 Å². The van der Waals surface area contributed by atoms with E-state index in [0.29, 0.717) is 0 Å². The van der Waals surface area contributed by atoms with Crippen LogP contribution in [-0.2, 0) is 6.16 Å². The summed E-state index contributed by atoms with van der Waals surface area (Å²) in [6, 6.07) is 10.8. The Balaban J connectivity index is 1.99. The van der Waals surface area contributed by atoms with Crippen LogP contribution in [0.5, 0.6) is 0 Å². The van der Waals surface area contributed by atoms with Gasteiger partial charge in [0.1, 0.15) is 0 Å². The van der Waals surface area contributed by atoms with Gasteiger partial charge in [0.2, 0.25) is 0 Å². The van der Waals surface area contributed by atoms with Crippen LogP contribution in [0, 0.1) is 0 Å². The van der Waals surface area contributed by atoms with Gasteiger partial charge >= 0.3 is 0 Å². The van der Waals surface area contributed by atoms with Crippen LogP contribution in [0.4, 0.5) is 0 Å². The predicted octanol–water partition coefficient (Wildman–Crippen LogP) is 4.45. The lowest BCUT2D eigenvalue weighted by molar-refractivity contribution is 0.705. The minimum absolute atomic E-state index is 1.12. The predicted molar refractivity (Wildman–Crippen MR) is 67.5 cm³/mol. The lowest BCUT2D eigenvalue weighted by atomic mass is 10.2. The third-order valence-electron chi connectivity index (χ3n) is 2.38. The molecule has 0 saturated heterocycles. The Morgan fingerprint density at radius 3 is 2.50 bits per heavy atom. The first kappa shape index (κ1) is 11.7. The highest BCUT2D eigenvalue weighted by molar-refractivity contribution is 7.37. The van der Waals surface area contributed by atoms with E-state index in [1.807, 2.05) is 0 Å². The zero-order valence-electron chi connectivity index (χ0n) is 9.13. The van der Waals surface area contributed by atoms with E-state index in [0.717, 1.165) is 8.58 Å². The smallest absolute Gasteiger partial charge is 0.0101 e. The van der Waals surface area contributed by atoms with Crippen molar-refractivity contribution in [2.75, 3.05) is 6.16 Å². The van der Waals surface area contributed by atoms with Crippen LogP contribution in [0.25, 0.3) is 0 Å². The number of rotatable bonds is 7. The summed E-state index contributed by atoms with van der Waals surface area (Å²) in [5.74, 6) is 0. The highest BCUT2D eigenvalue weighted by Gasteiger charge is 1.91. The lowest BCUT2D eigenvalue weighted by Crippen LogP contribution is -1.81. The fourth-order valence-corrected chi connectivity index (χ4v) is 2.71. The molecule has 0 radical (unpaired) electrons. The molecule has 0 heterocycles. The summed E-state index contributed by atoms with van der Waals surface area (Å²) in [5, 5.41) is 0. The molecule has 1 aromatic carbocycles. The van der Waals surface area contributed by atoms with Crippen molar-refractivity contribution in [1.82, 2.24) is 0 Å². The lowest BCUT2D eigenvalue weighted by Gasteiger charge is -2.01. The Morgan fingerprint density at radius 2 is 1.79 bits per heavy atom. The molecule has 78 valence electrons. The van der Waals surface area contributed by atoms with Gasteiger partial charge in [0.25, 0.3) is 0 Å². The maximum absolute atomic E-state index is 2.27. The molecule has 1 rings (SSSR count). The van der Waals surface area contributed by atoms with Crippen molar-refractivity contribution < 1.29 is 0 Å². The van der Waals surface area contributed by atoms with Crippen LogP contribution in [0.1, 0.15) is 38.2 Å². The largest absolute Gasteiger partial charge is 0.118 e. The van der Waals surface area contributed by atoms with Gasteiger partial charge in [0.05, 0.1) is 0 Å². The third-order valence-corrected chi connectivity index (χ3v) is 3.74. The molecule has 0 fully saturated rings. The van der Waals surface area contributed by atoms with Gasteiger partial charge in [-0.1, -0.05) is 56.5 Å². The Hall–Kier alpha value is -0.350. The van der Waals surface area contributed by atoms with Gasteiger partial charge in [0, 0.05) is 0 Å². The first-order valence-electron chi connectivity index (χ1n) is 5.68. The highest BCUT2D eigenvalue weighted by atomic mass is 31.1. The maximum Gasteiger partial charge on any atom is -0.0101 e. The van der Waals surface area contributed by atoms with Gasteiger partial charge in [-0.05, 0) is 24.3 Å². The van der Waals surface area contributed by atoms with E-state index in [1.54, 1.807) is 0 Å². The third kappa shape index (κ3) is 5.40. The summed E-state index contributed by atoms with van der Waals surface area (Å²) >= 11 is 0. The van der Waals surface area contributed by atoms with Crippen LogP contribution < -0.4 is 0 Å². The average molecular weight is 208 g/mol. The minimum Gasteiger partial charge on any atom is -0.118 e. The van der Waals surface area contributed by atoms with Crippen LogP contribution in [0.3, 0.4) is 0 Å². The van der Waals surface area contributed by atoms with Crippen molar-refractivity contribution >= 4 is 8.58 Å². The monoisotopic (exact) mass is 208 g/mol. The van der Waals surface area contributed by atoms with Crippen LogP contribution >= 0.6 is 8.58 Å². The number of hydrogen-bond acceptors (Lipinski definition) is 0. The van der Waals surface area contributed by atoms with Gasteiger partial charge < -0.3 is 0 Å². The van der Waals surface area contributed by atoms with Gasteiger partial charge in [-0.15, -0.1) is 8.58 Å². The van der Waals surface area contributed by atoms with Crippen molar-refractivity contribution in [3.8, 4) is 0 Å². The van der Waals surface area contributed by atoms with E-state index in [2.05, 4.69) is 37.3 Å². The van der Waals surface area contributed by atoms with Gasteiger partial charge in [-0.3, -0.25) is 0 Å². The molecule has 1 atom stereocenters. The molecule has 1 aromatic rings. The molecule has 0 aromatic heterocycles. The van der Waals surface area contributed by atoms with E-state index in [1.165, 1.54) is 43.6 Å². The van der Waals surface area contributed by atoms with Gasteiger partial charge in [0.15, 0.2) is 0 Å². The second kappa shape index (κ2) is 8.00. The highest BCUT2D eigenvalue weighted by Crippen LogP contribution is 2.20. The number of hydrogen-bond donors (Lipinski definition) is 0. The van der Waals surface area contributed by atoms with Crippen molar-refractivity contribution in [2.45, 2.75) is 38.8 Å². The Morgan fingerprint density at radius 1 is 1.00 bits per heavy atom. The normalized spacial score (nSPS) is 11.2. The molecule has 1 unspecified atom stereocenters. The first-order chi connectivity index (χ1) is 6.93. The van der Waals surface area contributed by atoms with Crippen LogP contribution in [0.2, 0.25) is 0 Å². The molecule has 0 N–H and O–H groups in total. The Bertz CT molecular complexity index is 218. The molecule has 0 spiro atoms. The number of unbranched alkanes of at least 4 members (excludes halogenated alkanes) is 3. The molecule has 0 aliphatic carbocycles. The SMILES string of the molecule is CCCCCCPCc1ccccc1. The van der Waals surface area contributed by atoms with E-state index in [-0.39, 0.29) is 0 Å².